The van der Waals surface area contributed by atoms with E-state index in [4.69, 9.17) is 10.00 Å². The van der Waals surface area contributed by atoms with Gasteiger partial charge in [0.05, 0.1) is 13.2 Å². The van der Waals surface area contributed by atoms with E-state index in [2.05, 4.69) is 30.4 Å². The molecule has 1 N–H and O–H groups in total. The minimum absolute atomic E-state index is 0.621. The molecule has 17 heavy (non-hydrogen) atoms. The highest BCUT2D eigenvalue weighted by Crippen LogP contribution is 2.20. The third kappa shape index (κ3) is 4.46. The fourth-order valence-corrected chi connectivity index (χ4v) is 1.74. The van der Waals surface area contributed by atoms with Crippen molar-refractivity contribution in [1.29, 1.82) is 5.26 Å². The second-order valence-electron chi connectivity index (χ2n) is 3.94. The van der Waals surface area contributed by atoms with E-state index in [0.717, 1.165) is 31.7 Å². The monoisotopic (exact) mass is 232 g/mol. The van der Waals surface area contributed by atoms with Crippen molar-refractivity contribution in [2.45, 2.75) is 32.7 Å². The molecule has 3 heteroatoms. The number of nitrogens with one attached hydrogen (secondary N) is 1. The molecule has 1 aromatic rings. The molecule has 0 amide bonds. The zero-order valence-corrected chi connectivity index (χ0v) is 10.6. The van der Waals surface area contributed by atoms with E-state index < -0.39 is 0 Å². The fraction of sp³-hybridized carbons (Fsp3) is 0.500. The molecule has 0 radical (unpaired) electrons. The van der Waals surface area contributed by atoms with E-state index in [1.807, 2.05) is 6.07 Å². The van der Waals surface area contributed by atoms with E-state index in [0.29, 0.717) is 6.42 Å². The molecule has 0 bridgehead atoms. The van der Waals surface area contributed by atoms with Crippen LogP contribution >= 0.6 is 0 Å². The van der Waals surface area contributed by atoms with Crippen LogP contribution in [0.3, 0.4) is 0 Å². The first-order valence-electron chi connectivity index (χ1n) is 6.05. The summed E-state index contributed by atoms with van der Waals surface area (Å²) in [6.07, 6.45) is 2.51. The van der Waals surface area contributed by atoms with Crippen LogP contribution < -0.4 is 10.1 Å². The number of nitriles is 1. The largest absolute Gasteiger partial charge is 0.496 e. The molecule has 0 heterocycles. The van der Waals surface area contributed by atoms with Gasteiger partial charge in [-0.2, -0.15) is 5.26 Å². The molecule has 0 atom stereocenters. The van der Waals surface area contributed by atoms with Crippen molar-refractivity contribution >= 4 is 0 Å². The fourth-order valence-electron chi connectivity index (χ4n) is 1.74. The van der Waals surface area contributed by atoms with Crippen molar-refractivity contribution in [3.8, 4) is 11.8 Å². The number of benzene rings is 1. The molecule has 0 aliphatic carbocycles. The molecule has 1 rings (SSSR count). The number of aryl methyl sites for hydroxylation is 1. The molecule has 0 saturated carbocycles. The lowest BCUT2D eigenvalue weighted by Gasteiger charge is -2.09. The summed E-state index contributed by atoms with van der Waals surface area (Å²) in [5.74, 6) is 0.959. The Kier molecular flexibility index (Phi) is 6.13. The van der Waals surface area contributed by atoms with E-state index >= 15 is 0 Å². The Morgan fingerprint density at radius 2 is 2.24 bits per heavy atom. The highest BCUT2D eigenvalue weighted by atomic mass is 16.5. The Labute approximate surface area is 103 Å². The SMILES string of the molecule is CCc1cc(CNCCCC#N)ccc1OC. The Morgan fingerprint density at radius 3 is 2.88 bits per heavy atom. The van der Waals surface area contributed by atoms with Crippen molar-refractivity contribution in [3.05, 3.63) is 29.3 Å². The van der Waals surface area contributed by atoms with Gasteiger partial charge in [-0.15, -0.1) is 0 Å². The smallest absolute Gasteiger partial charge is 0.122 e. The third-order valence-electron chi connectivity index (χ3n) is 2.70. The highest BCUT2D eigenvalue weighted by molar-refractivity contribution is 5.37. The van der Waals surface area contributed by atoms with E-state index in [-0.39, 0.29) is 0 Å². The molecule has 0 spiro atoms. The van der Waals surface area contributed by atoms with Gasteiger partial charge in [0.2, 0.25) is 0 Å². The standard InChI is InChI=1S/C14H20N2O/c1-3-13-10-12(6-7-14(13)17-2)11-16-9-5-4-8-15/h6-7,10,16H,3-5,9,11H2,1-2H3. The summed E-state index contributed by atoms with van der Waals surface area (Å²) in [5, 5.41) is 11.8. The second kappa shape index (κ2) is 7.70. The van der Waals surface area contributed by atoms with E-state index in [9.17, 15) is 0 Å². The van der Waals surface area contributed by atoms with Crippen molar-refractivity contribution in [2.75, 3.05) is 13.7 Å². The van der Waals surface area contributed by atoms with Gasteiger partial charge in [-0.1, -0.05) is 19.1 Å². The van der Waals surface area contributed by atoms with Crippen molar-refractivity contribution < 1.29 is 4.74 Å². The summed E-state index contributed by atoms with van der Waals surface area (Å²) in [4.78, 5) is 0. The van der Waals surface area contributed by atoms with Crippen LogP contribution in [0.5, 0.6) is 5.75 Å². The van der Waals surface area contributed by atoms with Gasteiger partial charge in [0.1, 0.15) is 5.75 Å². The van der Waals surface area contributed by atoms with Crippen LogP contribution in [0.1, 0.15) is 30.9 Å². The zero-order chi connectivity index (χ0) is 12.5. The van der Waals surface area contributed by atoms with Gasteiger partial charge in [0, 0.05) is 13.0 Å². The zero-order valence-electron chi connectivity index (χ0n) is 10.6. The number of rotatable bonds is 7. The Hall–Kier alpha value is -1.53. The second-order valence-corrected chi connectivity index (χ2v) is 3.94. The minimum atomic E-state index is 0.621. The minimum Gasteiger partial charge on any atom is -0.496 e. The van der Waals surface area contributed by atoms with Gasteiger partial charge in [0.15, 0.2) is 0 Å². The summed E-state index contributed by atoms with van der Waals surface area (Å²) in [7, 11) is 1.70. The van der Waals surface area contributed by atoms with Crippen LogP contribution in [0.15, 0.2) is 18.2 Å². The number of ether oxygens (including phenoxy) is 1. The molecule has 0 aromatic heterocycles. The predicted molar refractivity (Wildman–Crippen MR) is 68.9 cm³/mol. The molecule has 0 saturated heterocycles. The number of hydrogen-bond acceptors (Lipinski definition) is 3. The van der Waals surface area contributed by atoms with Gasteiger partial charge in [-0.05, 0) is 36.6 Å². The molecular formula is C14H20N2O. The molecule has 1 aromatic carbocycles. The van der Waals surface area contributed by atoms with Gasteiger partial charge in [-0.3, -0.25) is 0 Å². The Balaban J connectivity index is 2.46. The van der Waals surface area contributed by atoms with Crippen LogP contribution in [-0.2, 0) is 13.0 Å². The van der Waals surface area contributed by atoms with E-state index in [1.165, 1.54) is 11.1 Å². The lowest BCUT2D eigenvalue weighted by molar-refractivity contribution is 0.410. The molecule has 3 nitrogen and oxygen atoms in total. The average Bonchev–Trinajstić information content (AvgIpc) is 2.38. The van der Waals surface area contributed by atoms with Crippen molar-refractivity contribution in [3.63, 3.8) is 0 Å². The molecular weight excluding hydrogens is 212 g/mol. The molecule has 92 valence electrons. The maximum absolute atomic E-state index is 8.42. The lowest BCUT2D eigenvalue weighted by atomic mass is 10.1. The first-order chi connectivity index (χ1) is 8.31. The van der Waals surface area contributed by atoms with Crippen molar-refractivity contribution in [2.24, 2.45) is 0 Å². The molecule has 0 aliphatic heterocycles. The lowest BCUT2D eigenvalue weighted by Crippen LogP contribution is -2.14. The summed E-state index contributed by atoms with van der Waals surface area (Å²) < 4.78 is 5.29. The number of hydrogen-bond donors (Lipinski definition) is 1. The summed E-state index contributed by atoms with van der Waals surface area (Å²) >= 11 is 0. The average molecular weight is 232 g/mol. The first-order valence-corrected chi connectivity index (χ1v) is 6.05. The summed E-state index contributed by atoms with van der Waals surface area (Å²) in [5.41, 5.74) is 2.50. The highest BCUT2D eigenvalue weighted by Gasteiger charge is 2.02. The maximum atomic E-state index is 8.42. The maximum Gasteiger partial charge on any atom is 0.122 e. The Morgan fingerprint density at radius 1 is 1.41 bits per heavy atom. The quantitative estimate of drug-likeness (QED) is 0.735. The van der Waals surface area contributed by atoms with Crippen LogP contribution in [-0.4, -0.2) is 13.7 Å². The van der Waals surface area contributed by atoms with Crippen LogP contribution in [0.4, 0.5) is 0 Å². The first kappa shape index (κ1) is 13.5. The third-order valence-corrected chi connectivity index (χ3v) is 2.70. The summed E-state index contributed by atoms with van der Waals surface area (Å²) in [6, 6.07) is 8.42. The molecule has 0 unspecified atom stereocenters. The van der Waals surface area contributed by atoms with Gasteiger partial charge in [-0.25, -0.2) is 0 Å². The van der Waals surface area contributed by atoms with Gasteiger partial charge in [0.25, 0.3) is 0 Å². The van der Waals surface area contributed by atoms with Gasteiger partial charge >= 0.3 is 0 Å². The Bertz CT molecular complexity index is 382. The topological polar surface area (TPSA) is 45.0 Å². The molecule has 0 aliphatic rings. The van der Waals surface area contributed by atoms with Crippen molar-refractivity contribution in [1.82, 2.24) is 5.32 Å². The van der Waals surface area contributed by atoms with Crippen LogP contribution in [0.25, 0.3) is 0 Å². The predicted octanol–water partition coefficient (Wildman–Crippen LogP) is 2.65. The summed E-state index contributed by atoms with van der Waals surface area (Å²) in [6.45, 7) is 3.87. The normalized spacial score (nSPS) is 9.94. The molecule has 0 fully saturated rings. The number of unbranched alkanes of at least 4 members (excludes halogenated alkanes) is 1. The van der Waals surface area contributed by atoms with Crippen LogP contribution in [0.2, 0.25) is 0 Å². The van der Waals surface area contributed by atoms with E-state index in [1.54, 1.807) is 7.11 Å². The number of methoxy groups -OCH3 is 1. The van der Waals surface area contributed by atoms with Gasteiger partial charge < -0.3 is 10.1 Å². The van der Waals surface area contributed by atoms with Crippen LogP contribution in [0, 0.1) is 11.3 Å². The number of nitrogens with zero attached hydrogens (tertiary/aromatic N) is 1.